The number of hydrogen-bond donors (Lipinski definition) is 1. The molecule has 0 bridgehead atoms. The Morgan fingerprint density at radius 3 is 2.48 bits per heavy atom. The maximum absolute atomic E-state index is 14.4. The highest BCUT2D eigenvalue weighted by Gasteiger charge is 2.36. The SMILES string of the molecule is O=C(O)[C@@H](CCCc1ccccc1)[C@H](F)C(=O)N1CCOCC1. The zero-order chi connectivity index (χ0) is 16.7. The van der Waals surface area contributed by atoms with Gasteiger partial charge in [0.25, 0.3) is 5.91 Å². The second-order valence-corrected chi connectivity index (χ2v) is 5.66. The van der Waals surface area contributed by atoms with E-state index in [0.29, 0.717) is 39.1 Å². The fourth-order valence-corrected chi connectivity index (χ4v) is 2.70. The first-order valence-electron chi connectivity index (χ1n) is 7.87. The summed E-state index contributed by atoms with van der Waals surface area (Å²) in [6.45, 7) is 1.36. The molecule has 1 fully saturated rings. The van der Waals surface area contributed by atoms with E-state index in [1.807, 2.05) is 30.3 Å². The lowest BCUT2D eigenvalue weighted by molar-refractivity contribution is -0.153. The van der Waals surface area contributed by atoms with Crippen molar-refractivity contribution in [3.8, 4) is 0 Å². The van der Waals surface area contributed by atoms with Gasteiger partial charge in [0.15, 0.2) is 6.17 Å². The third kappa shape index (κ3) is 5.03. The monoisotopic (exact) mass is 323 g/mol. The lowest BCUT2D eigenvalue weighted by Crippen LogP contribution is -2.47. The minimum Gasteiger partial charge on any atom is -0.481 e. The van der Waals surface area contributed by atoms with Crippen LogP contribution in [-0.2, 0) is 20.7 Å². The molecule has 0 aromatic heterocycles. The number of carbonyl (C=O) groups is 2. The molecule has 5 nitrogen and oxygen atoms in total. The maximum Gasteiger partial charge on any atom is 0.310 e. The molecular weight excluding hydrogens is 301 g/mol. The number of aliphatic carboxylic acids is 1. The van der Waals surface area contributed by atoms with Gasteiger partial charge in [0.2, 0.25) is 0 Å². The van der Waals surface area contributed by atoms with Gasteiger partial charge in [-0.05, 0) is 24.8 Å². The molecule has 0 saturated carbocycles. The molecule has 1 aromatic carbocycles. The van der Waals surface area contributed by atoms with Crippen LogP contribution in [0.3, 0.4) is 0 Å². The van der Waals surface area contributed by atoms with Crippen LogP contribution in [0.15, 0.2) is 30.3 Å². The predicted molar refractivity (Wildman–Crippen MR) is 82.8 cm³/mol. The van der Waals surface area contributed by atoms with Crippen LogP contribution in [0.25, 0.3) is 0 Å². The van der Waals surface area contributed by atoms with E-state index in [0.717, 1.165) is 5.56 Å². The molecule has 0 unspecified atom stereocenters. The Bertz CT molecular complexity index is 517. The number of ether oxygens (including phenoxy) is 1. The van der Waals surface area contributed by atoms with Crippen molar-refractivity contribution in [2.24, 2.45) is 5.92 Å². The van der Waals surface area contributed by atoms with E-state index in [4.69, 9.17) is 4.74 Å². The van der Waals surface area contributed by atoms with Crippen LogP contribution in [0.5, 0.6) is 0 Å². The lowest BCUT2D eigenvalue weighted by atomic mass is 9.94. The number of rotatable bonds is 7. The molecule has 126 valence electrons. The number of morpholine rings is 1. The highest BCUT2D eigenvalue weighted by Crippen LogP contribution is 2.20. The second-order valence-electron chi connectivity index (χ2n) is 5.66. The van der Waals surface area contributed by atoms with Crippen LogP contribution in [0.4, 0.5) is 4.39 Å². The van der Waals surface area contributed by atoms with Gasteiger partial charge in [-0.2, -0.15) is 0 Å². The fourth-order valence-electron chi connectivity index (χ4n) is 2.70. The molecule has 1 amide bonds. The Morgan fingerprint density at radius 2 is 1.87 bits per heavy atom. The number of carboxylic acid groups (broad SMARTS) is 1. The Kier molecular flexibility index (Phi) is 6.52. The van der Waals surface area contributed by atoms with Crippen LogP contribution in [0.1, 0.15) is 18.4 Å². The molecule has 1 saturated heterocycles. The van der Waals surface area contributed by atoms with Crippen molar-refractivity contribution < 1.29 is 23.8 Å². The van der Waals surface area contributed by atoms with Crippen molar-refractivity contribution >= 4 is 11.9 Å². The number of aryl methyl sites for hydroxylation is 1. The molecule has 2 rings (SSSR count). The lowest BCUT2D eigenvalue weighted by Gasteiger charge is -2.29. The number of carboxylic acids is 1. The average Bonchev–Trinajstić information content (AvgIpc) is 2.59. The zero-order valence-corrected chi connectivity index (χ0v) is 13.0. The van der Waals surface area contributed by atoms with Crippen LogP contribution < -0.4 is 0 Å². The van der Waals surface area contributed by atoms with E-state index in [9.17, 15) is 19.1 Å². The molecule has 2 atom stereocenters. The fraction of sp³-hybridized carbons (Fsp3) is 0.529. The number of carbonyl (C=O) groups excluding carboxylic acids is 1. The Morgan fingerprint density at radius 1 is 1.22 bits per heavy atom. The minimum absolute atomic E-state index is 0.140. The third-order valence-corrected chi connectivity index (χ3v) is 4.05. The van der Waals surface area contributed by atoms with Crippen LogP contribution in [0.2, 0.25) is 0 Å². The van der Waals surface area contributed by atoms with Gasteiger partial charge < -0.3 is 14.7 Å². The molecule has 1 aliphatic heterocycles. The topological polar surface area (TPSA) is 66.8 Å². The summed E-state index contributed by atoms with van der Waals surface area (Å²) in [5, 5.41) is 9.25. The first-order valence-corrected chi connectivity index (χ1v) is 7.87. The Balaban J connectivity index is 1.89. The number of nitrogens with zero attached hydrogens (tertiary/aromatic N) is 1. The van der Waals surface area contributed by atoms with Gasteiger partial charge in [0.05, 0.1) is 19.1 Å². The molecule has 1 aromatic rings. The molecular formula is C17H22FNO4. The number of benzene rings is 1. The number of hydrogen-bond acceptors (Lipinski definition) is 3. The largest absolute Gasteiger partial charge is 0.481 e. The molecule has 0 aliphatic carbocycles. The molecule has 6 heteroatoms. The number of amides is 1. The van der Waals surface area contributed by atoms with Gasteiger partial charge in [-0.15, -0.1) is 0 Å². The first-order chi connectivity index (χ1) is 11.1. The van der Waals surface area contributed by atoms with E-state index in [1.54, 1.807) is 0 Å². The summed E-state index contributed by atoms with van der Waals surface area (Å²) >= 11 is 0. The summed E-state index contributed by atoms with van der Waals surface area (Å²) in [7, 11) is 0. The molecule has 0 spiro atoms. The summed E-state index contributed by atoms with van der Waals surface area (Å²) in [6, 6.07) is 9.61. The van der Waals surface area contributed by atoms with E-state index in [2.05, 4.69) is 0 Å². The maximum atomic E-state index is 14.4. The first kappa shape index (κ1) is 17.4. The predicted octanol–water partition coefficient (Wildman–Crippen LogP) is 1.91. The van der Waals surface area contributed by atoms with E-state index >= 15 is 0 Å². The van der Waals surface area contributed by atoms with Gasteiger partial charge in [0, 0.05) is 13.1 Å². The third-order valence-electron chi connectivity index (χ3n) is 4.05. The van der Waals surface area contributed by atoms with Crippen molar-refractivity contribution in [2.75, 3.05) is 26.3 Å². The van der Waals surface area contributed by atoms with Gasteiger partial charge in [0.1, 0.15) is 0 Å². The number of alkyl halides is 1. The number of halogens is 1. The normalized spacial score (nSPS) is 17.5. The summed E-state index contributed by atoms with van der Waals surface area (Å²) < 4.78 is 19.5. The molecule has 1 aliphatic rings. The van der Waals surface area contributed by atoms with Crippen LogP contribution in [-0.4, -0.2) is 54.4 Å². The van der Waals surface area contributed by atoms with Crippen molar-refractivity contribution in [3.05, 3.63) is 35.9 Å². The summed E-state index contributed by atoms with van der Waals surface area (Å²) in [5.41, 5.74) is 1.08. The highest BCUT2D eigenvalue weighted by molar-refractivity contribution is 5.86. The molecule has 1 heterocycles. The van der Waals surface area contributed by atoms with E-state index in [1.165, 1.54) is 4.90 Å². The van der Waals surface area contributed by atoms with Crippen molar-refractivity contribution in [3.63, 3.8) is 0 Å². The molecule has 0 radical (unpaired) electrons. The quantitative estimate of drug-likeness (QED) is 0.832. The van der Waals surface area contributed by atoms with Gasteiger partial charge in [-0.25, -0.2) is 4.39 Å². The Labute approximate surface area is 135 Å². The van der Waals surface area contributed by atoms with Crippen molar-refractivity contribution in [2.45, 2.75) is 25.4 Å². The van der Waals surface area contributed by atoms with Crippen LogP contribution >= 0.6 is 0 Å². The van der Waals surface area contributed by atoms with E-state index < -0.39 is 24.0 Å². The molecule has 1 N–H and O–H groups in total. The second kappa shape index (κ2) is 8.62. The minimum atomic E-state index is -2.00. The van der Waals surface area contributed by atoms with Crippen molar-refractivity contribution in [1.29, 1.82) is 0 Å². The summed E-state index contributed by atoms with van der Waals surface area (Å²) in [6.07, 6.45) is -0.663. The molecule has 23 heavy (non-hydrogen) atoms. The van der Waals surface area contributed by atoms with Crippen LogP contribution in [0, 0.1) is 5.92 Å². The van der Waals surface area contributed by atoms with E-state index in [-0.39, 0.29) is 6.42 Å². The smallest absolute Gasteiger partial charge is 0.310 e. The van der Waals surface area contributed by atoms with Gasteiger partial charge in [-0.1, -0.05) is 30.3 Å². The Hall–Kier alpha value is -1.95. The van der Waals surface area contributed by atoms with Gasteiger partial charge >= 0.3 is 5.97 Å². The standard InChI is InChI=1S/C17H22FNO4/c18-15(16(20)19-9-11-23-12-10-19)14(17(21)22)8-4-7-13-5-2-1-3-6-13/h1-3,5-6,14-15H,4,7-12H2,(H,21,22)/t14-,15-/m0/s1. The summed E-state index contributed by atoms with van der Waals surface area (Å²) in [5.74, 6) is -3.29. The van der Waals surface area contributed by atoms with Gasteiger partial charge in [-0.3, -0.25) is 9.59 Å². The average molecular weight is 323 g/mol. The zero-order valence-electron chi connectivity index (χ0n) is 13.0. The highest BCUT2D eigenvalue weighted by atomic mass is 19.1. The summed E-state index contributed by atoms with van der Waals surface area (Å²) in [4.78, 5) is 24.8. The van der Waals surface area contributed by atoms with Crippen molar-refractivity contribution in [1.82, 2.24) is 4.90 Å².